The van der Waals surface area contributed by atoms with Crippen molar-refractivity contribution in [2.24, 2.45) is 17.8 Å². The maximum atomic E-state index is 6.66. The molecule has 0 N–H and O–H groups in total. The van der Waals surface area contributed by atoms with Crippen molar-refractivity contribution in [1.82, 2.24) is 9.88 Å². The molecule has 1 aliphatic carbocycles. The van der Waals surface area contributed by atoms with Crippen LogP contribution in [0.3, 0.4) is 0 Å². The molecule has 2 bridgehead atoms. The summed E-state index contributed by atoms with van der Waals surface area (Å²) in [7, 11) is 1.72. The lowest BCUT2D eigenvalue weighted by molar-refractivity contribution is -0.0770. The van der Waals surface area contributed by atoms with Gasteiger partial charge in [0.25, 0.3) is 0 Å². The van der Waals surface area contributed by atoms with E-state index in [-0.39, 0.29) is 6.10 Å². The van der Waals surface area contributed by atoms with Gasteiger partial charge in [0.2, 0.25) is 0 Å². The SMILES string of the molecule is C=C[C@H]1CN2CCC1C[C@H]2[C@H](OCC1CC1)c1ccnc2ccc(OC)cc12. The van der Waals surface area contributed by atoms with E-state index in [4.69, 9.17) is 9.47 Å². The van der Waals surface area contributed by atoms with Crippen LogP contribution >= 0.6 is 0 Å². The van der Waals surface area contributed by atoms with Gasteiger partial charge in [-0.1, -0.05) is 6.08 Å². The quantitative estimate of drug-likeness (QED) is 0.659. The standard InChI is InChI=1S/C24H30N2O2/c1-3-17-14-26-11-9-18(17)12-23(26)24(28-15-16-4-5-16)20-8-10-25-22-7-6-19(27-2)13-21(20)22/h3,6-8,10,13,16-18,23-24H,1,4-5,9,11-12,14-15H2,2H3/t17-,18?,23-,24+/m0/s1. The smallest absolute Gasteiger partial charge is 0.119 e. The summed E-state index contributed by atoms with van der Waals surface area (Å²) in [4.78, 5) is 7.24. The Kier molecular flexibility index (Phi) is 4.85. The van der Waals surface area contributed by atoms with E-state index in [2.05, 4.69) is 40.7 Å². The van der Waals surface area contributed by atoms with E-state index in [9.17, 15) is 0 Å². The van der Waals surface area contributed by atoms with E-state index in [0.29, 0.717) is 12.0 Å². The lowest BCUT2D eigenvalue weighted by atomic mass is 9.73. The van der Waals surface area contributed by atoms with E-state index in [1.165, 1.54) is 37.8 Å². The normalized spacial score (nSPS) is 30.3. The molecule has 148 valence electrons. The minimum Gasteiger partial charge on any atom is -0.497 e. The summed E-state index contributed by atoms with van der Waals surface area (Å²) >= 11 is 0. The van der Waals surface area contributed by atoms with E-state index >= 15 is 0 Å². The number of fused-ring (bicyclic) bond motifs is 4. The Morgan fingerprint density at radius 2 is 2.18 bits per heavy atom. The lowest BCUT2D eigenvalue weighted by Crippen LogP contribution is -2.55. The van der Waals surface area contributed by atoms with Gasteiger partial charge in [-0.2, -0.15) is 0 Å². The van der Waals surface area contributed by atoms with Gasteiger partial charge in [-0.15, -0.1) is 6.58 Å². The molecular weight excluding hydrogens is 348 g/mol. The van der Waals surface area contributed by atoms with Crippen LogP contribution in [0.25, 0.3) is 10.9 Å². The number of rotatable bonds is 7. The molecule has 4 aliphatic rings. The number of methoxy groups -OCH3 is 1. The molecule has 1 saturated carbocycles. The molecule has 28 heavy (non-hydrogen) atoms. The van der Waals surface area contributed by atoms with Gasteiger partial charge in [-0.05, 0) is 79.8 Å². The van der Waals surface area contributed by atoms with E-state index in [1.54, 1.807) is 7.11 Å². The predicted octanol–water partition coefficient (Wildman–Crippen LogP) is 4.61. The third-order valence-electron chi connectivity index (χ3n) is 7.00. The second-order valence-electron chi connectivity index (χ2n) is 8.73. The van der Waals surface area contributed by atoms with Crippen LogP contribution < -0.4 is 4.74 Å². The van der Waals surface area contributed by atoms with E-state index < -0.39 is 0 Å². The molecular formula is C24H30N2O2. The number of benzene rings is 1. The van der Waals surface area contributed by atoms with Gasteiger partial charge in [0.1, 0.15) is 5.75 Å². The number of pyridine rings is 1. The summed E-state index contributed by atoms with van der Waals surface area (Å²) in [6, 6.07) is 8.75. The summed E-state index contributed by atoms with van der Waals surface area (Å²) in [5, 5.41) is 1.16. The Morgan fingerprint density at radius 1 is 1.29 bits per heavy atom. The Hall–Kier alpha value is -1.91. The molecule has 3 saturated heterocycles. The highest BCUT2D eigenvalue weighted by atomic mass is 16.5. The first kappa shape index (κ1) is 18.1. The topological polar surface area (TPSA) is 34.6 Å². The first-order chi connectivity index (χ1) is 13.8. The van der Waals surface area contributed by atoms with Gasteiger partial charge >= 0.3 is 0 Å². The summed E-state index contributed by atoms with van der Waals surface area (Å²) in [5.74, 6) is 2.99. The van der Waals surface area contributed by atoms with Crippen molar-refractivity contribution >= 4 is 10.9 Å². The Bertz CT molecular complexity index is 863. The van der Waals surface area contributed by atoms with Crippen LogP contribution in [0.4, 0.5) is 0 Å². The van der Waals surface area contributed by atoms with Crippen molar-refractivity contribution in [3.63, 3.8) is 0 Å². The third-order valence-corrected chi connectivity index (χ3v) is 7.00. The highest BCUT2D eigenvalue weighted by molar-refractivity contribution is 5.84. The monoisotopic (exact) mass is 378 g/mol. The fraction of sp³-hybridized carbons (Fsp3) is 0.542. The van der Waals surface area contributed by atoms with Crippen LogP contribution in [0.2, 0.25) is 0 Å². The zero-order valence-electron chi connectivity index (χ0n) is 16.7. The minimum absolute atomic E-state index is 0.0896. The van der Waals surface area contributed by atoms with Crippen LogP contribution in [0.5, 0.6) is 5.75 Å². The zero-order chi connectivity index (χ0) is 19.1. The van der Waals surface area contributed by atoms with Crippen molar-refractivity contribution < 1.29 is 9.47 Å². The van der Waals surface area contributed by atoms with Gasteiger partial charge in [-0.25, -0.2) is 0 Å². The second-order valence-corrected chi connectivity index (χ2v) is 8.73. The molecule has 1 aromatic carbocycles. The average Bonchev–Trinajstić information content (AvgIpc) is 3.58. The summed E-state index contributed by atoms with van der Waals surface area (Å²) < 4.78 is 12.2. The summed E-state index contributed by atoms with van der Waals surface area (Å²) in [6.45, 7) is 7.25. The number of hydrogen-bond acceptors (Lipinski definition) is 4. The highest BCUT2D eigenvalue weighted by Crippen LogP contribution is 2.44. The summed E-state index contributed by atoms with van der Waals surface area (Å²) in [5.41, 5.74) is 2.27. The van der Waals surface area contributed by atoms with Gasteiger partial charge in [0, 0.05) is 24.2 Å². The van der Waals surface area contributed by atoms with Crippen molar-refractivity contribution in [2.75, 3.05) is 26.8 Å². The molecule has 2 aromatic rings. The van der Waals surface area contributed by atoms with Gasteiger partial charge in [0.15, 0.2) is 0 Å². The molecule has 3 aliphatic heterocycles. The molecule has 1 aromatic heterocycles. The number of ether oxygens (including phenoxy) is 2. The number of hydrogen-bond donors (Lipinski definition) is 0. The number of aromatic nitrogens is 1. The molecule has 4 heterocycles. The highest BCUT2D eigenvalue weighted by Gasteiger charge is 2.43. The van der Waals surface area contributed by atoms with E-state index in [1.807, 2.05) is 12.3 Å². The number of piperidine rings is 3. The predicted molar refractivity (Wildman–Crippen MR) is 111 cm³/mol. The van der Waals surface area contributed by atoms with Crippen LogP contribution in [-0.2, 0) is 4.74 Å². The lowest BCUT2D eigenvalue weighted by Gasteiger charge is -2.51. The fourth-order valence-electron chi connectivity index (χ4n) is 5.15. The molecule has 4 fully saturated rings. The molecule has 5 atom stereocenters. The minimum atomic E-state index is 0.0896. The van der Waals surface area contributed by atoms with Gasteiger partial charge < -0.3 is 9.47 Å². The van der Waals surface area contributed by atoms with Crippen LogP contribution in [0.15, 0.2) is 43.1 Å². The Labute approximate surface area is 167 Å². The van der Waals surface area contributed by atoms with Crippen molar-refractivity contribution in [3.8, 4) is 5.75 Å². The van der Waals surface area contributed by atoms with Crippen molar-refractivity contribution in [2.45, 2.75) is 37.8 Å². The van der Waals surface area contributed by atoms with Crippen LogP contribution in [0, 0.1) is 17.8 Å². The molecule has 4 heteroatoms. The van der Waals surface area contributed by atoms with Crippen LogP contribution in [-0.4, -0.2) is 42.7 Å². The molecule has 4 nitrogen and oxygen atoms in total. The number of nitrogens with zero attached hydrogens (tertiary/aromatic N) is 2. The third kappa shape index (κ3) is 3.33. The Morgan fingerprint density at radius 3 is 2.89 bits per heavy atom. The first-order valence-electron chi connectivity index (χ1n) is 10.7. The van der Waals surface area contributed by atoms with Crippen molar-refractivity contribution in [3.05, 3.63) is 48.7 Å². The fourth-order valence-corrected chi connectivity index (χ4v) is 5.15. The van der Waals surface area contributed by atoms with Crippen molar-refractivity contribution in [1.29, 1.82) is 0 Å². The van der Waals surface area contributed by atoms with E-state index in [0.717, 1.165) is 41.6 Å². The maximum Gasteiger partial charge on any atom is 0.119 e. The van der Waals surface area contributed by atoms with Gasteiger partial charge in [0.05, 0.1) is 25.3 Å². The molecule has 6 rings (SSSR count). The zero-order valence-corrected chi connectivity index (χ0v) is 16.7. The van der Waals surface area contributed by atoms with Gasteiger partial charge in [-0.3, -0.25) is 9.88 Å². The molecule has 0 radical (unpaired) electrons. The van der Waals surface area contributed by atoms with Crippen LogP contribution in [0.1, 0.15) is 37.4 Å². The maximum absolute atomic E-state index is 6.66. The Balaban J connectivity index is 1.52. The molecule has 2 unspecified atom stereocenters. The second kappa shape index (κ2) is 7.49. The summed E-state index contributed by atoms with van der Waals surface area (Å²) in [6.07, 6.45) is 9.29. The average molecular weight is 379 g/mol. The molecule has 0 spiro atoms. The largest absolute Gasteiger partial charge is 0.497 e. The molecule has 0 amide bonds. The first-order valence-corrected chi connectivity index (χ1v) is 10.7.